The van der Waals surface area contributed by atoms with Crippen molar-refractivity contribution in [3.05, 3.63) is 65.5 Å². The van der Waals surface area contributed by atoms with E-state index in [4.69, 9.17) is 0 Å². The molecule has 0 saturated carbocycles. The molecule has 0 unspecified atom stereocenters. The molecule has 0 spiro atoms. The van der Waals surface area contributed by atoms with Crippen LogP contribution in [0.25, 0.3) is 0 Å². The normalized spacial score (nSPS) is 11.6. The Hall–Kier alpha value is -1.88. The van der Waals surface area contributed by atoms with Crippen molar-refractivity contribution in [1.82, 2.24) is 10.3 Å². The van der Waals surface area contributed by atoms with E-state index in [1.54, 1.807) is 12.3 Å². The number of hydrogen-bond donors (Lipinski definition) is 1. The molecule has 2 nitrogen and oxygen atoms in total. The second kappa shape index (κ2) is 6.52. The van der Waals surface area contributed by atoms with Gasteiger partial charge in [-0.15, -0.1) is 0 Å². The average Bonchev–Trinajstić information content (AvgIpc) is 2.44. The first kappa shape index (κ1) is 14.5. The smallest absolute Gasteiger partial charge is 0.312 e. The lowest BCUT2D eigenvalue weighted by atomic mass is 10.1. The highest BCUT2D eigenvalue weighted by molar-refractivity contribution is 5.25. The molecule has 0 aliphatic heterocycles. The third kappa shape index (κ3) is 4.35. The Morgan fingerprint density at radius 3 is 2.60 bits per heavy atom. The molecule has 0 fully saturated rings. The van der Waals surface area contributed by atoms with Gasteiger partial charge in [0.2, 0.25) is 0 Å². The molecular weight excluding hydrogens is 265 g/mol. The van der Waals surface area contributed by atoms with Crippen LogP contribution in [-0.4, -0.2) is 11.5 Å². The molecule has 2 aromatic rings. The van der Waals surface area contributed by atoms with Crippen LogP contribution in [-0.2, 0) is 19.1 Å². The number of pyridine rings is 1. The SMILES string of the molecule is FC(F)(F)c1cccc(CNCCc2ccccn2)c1. The second-order valence-corrected chi connectivity index (χ2v) is 4.45. The minimum atomic E-state index is -4.29. The van der Waals surface area contributed by atoms with Crippen molar-refractivity contribution in [3.8, 4) is 0 Å². The summed E-state index contributed by atoms with van der Waals surface area (Å²) in [6.07, 6.45) is -1.81. The van der Waals surface area contributed by atoms with Crippen LogP contribution in [0, 0.1) is 0 Å². The molecule has 0 bridgehead atoms. The molecule has 106 valence electrons. The molecule has 1 aromatic carbocycles. The summed E-state index contributed by atoms with van der Waals surface area (Å²) in [6.45, 7) is 1.09. The summed E-state index contributed by atoms with van der Waals surface area (Å²) in [5, 5.41) is 3.12. The number of benzene rings is 1. The van der Waals surface area contributed by atoms with Crippen LogP contribution in [0.3, 0.4) is 0 Å². The third-order valence-electron chi connectivity index (χ3n) is 2.87. The summed E-state index contributed by atoms with van der Waals surface area (Å²) < 4.78 is 37.6. The molecule has 2 rings (SSSR count). The Kier molecular flexibility index (Phi) is 4.74. The van der Waals surface area contributed by atoms with Gasteiger partial charge in [-0.1, -0.05) is 24.3 Å². The van der Waals surface area contributed by atoms with Gasteiger partial charge >= 0.3 is 6.18 Å². The number of nitrogens with one attached hydrogen (secondary N) is 1. The zero-order valence-electron chi connectivity index (χ0n) is 10.8. The third-order valence-corrected chi connectivity index (χ3v) is 2.87. The van der Waals surface area contributed by atoms with Gasteiger partial charge in [0.05, 0.1) is 5.56 Å². The maximum absolute atomic E-state index is 12.5. The Morgan fingerprint density at radius 2 is 1.90 bits per heavy atom. The summed E-state index contributed by atoms with van der Waals surface area (Å²) in [5.41, 5.74) is 0.978. The first-order valence-corrected chi connectivity index (χ1v) is 6.32. The topological polar surface area (TPSA) is 24.9 Å². The minimum Gasteiger partial charge on any atom is -0.312 e. The standard InChI is InChI=1S/C15H15F3N2/c16-15(17,18)13-5-3-4-12(10-13)11-19-9-7-14-6-1-2-8-20-14/h1-6,8,10,19H,7,9,11H2. The van der Waals surface area contributed by atoms with Gasteiger partial charge in [-0.2, -0.15) is 13.2 Å². The van der Waals surface area contributed by atoms with E-state index in [0.29, 0.717) is 18.7 Å². The first-order valence-electron chi connectivity index (χ1n) is 6.32. The summed E-state index contributed by atoms with van der Waals surface area (Å²) in [6, 6.07) is 11.0. The van der Waals surface area contributed by atoms with Crippen molar-refractivity contribution in [1.29, 1.82) is 0 Å². The molecule has 0 atom stereocenters. The van der Waals surface area contributed by atoms with Crippen LogP contribution < -0.4 is 5.32 Å². The fraction of sp³-hybridized carbons (Fsp3) is 0.267. The monoisotopic (exact) mass is 280 g/mol. The van der Waals surface area contributed by atoms with E-state index >= 15 is 0 Å². The van der Waals surface area contributed by atoms with Gasteiger partial charge in [0, 0.05) is 31.4 Å². The van der Waals surface area contributed by atoms with Gasteiger partial charge in [-0.05, 0) is 23.8 Å². The molecule has 1 N–H and O–H groups in total. The Labute approximate surface area is 115 Å². The summed E-state index contributed by atoms with van der Waals surface area (Å²) in [4.78, 5) is 4.18. The highest BCUT2D eigenvalue weighted by atomic mass is 19.4. The number of hydrogen-bond acceptors (Lipinski definition) is 2. The van der Waals surface area contributed by atoms with E-state index < -0.39 is 11.7 Å². The molecule has 20 heavy (non-hydrogen) atoms. The summed E-state index contributed by atoms with van der Waals surface area (Å²) in [5.74, 6) is 0. The summed E-state index contributed by atoms with van der Waals surface area (Å²) in [7, 11) is 0. The molecule has 0 aliphatic rings. The van der Waals surface area contributed by atoms with E-state index in [2.05, 4.69) is 10.3 Å². The van der Waals surface area contributed by atoms with Gasteiger partial charge in [0.25, 0.3) is 0 Å². The quantitative estimate of drug-likeness (QED) is 0.849. The average molecular weight is 280 g/mol. The minimum absolute atomic E-state index is 0.413. The summed E-state index contributed by atoms with van der Waals surface area (Å²) >= 11 is 0. The molecule has 0 amide bonds. The number of alkyl halides is 3. The zero-order valence-corrected chi connectivity index (χ0v) is 10.8. The molecule has 5 heteroatoms. The molecular formula is C15H15F3N2. The lowest BCUT2D eigenvalue weighted by molar-refractivity contribution is -0.137. The van der Waals surface area contributed by atoms with Gasteiger partial charge in [0.15, 0.2) is 0 Å². The van der Waals surface area contributed by atoms with E-state index in [0.717, 1.165) is 18.2 Å². The van der Waals surface area contributed by atoms with Gasteiger partial charge in [-0.25, -0.2) is 0 Å². The van der Waals surface area contributed by atoms with Crippen LogP contribution >= 0.6 is 0 Å². The highest BCUT2D eigenvalue weighted by Gasteiger charge is 2.30. The van der Waals surface area contributed by atoms with Crippen molar-refractivity contribution >= 4 is 0 Å². The number of rotatable bonds is 5. The molecule has 0 radical (unpaired) electrons. The van der Waals surface area contributed by atoms with Crippen molar-refractivity contribution in [2.24, 2.45) is 0 Å². The highest BCUT2D eigenvalue weighted by Crippen LogP contribution is 2.29. The van der Waals surface area contributed by atoms with Crippen LogP contribution in [0.15, 0.2) is 48.7 Å². The Balaban J connectivity index is 1.83. The predicted molar refractivity (Wildman–Crippen MR) is 71.1 cm³/mol. The van der Waals surface area contributed by atoms with E-state index in [-0.39, 0.29) is 0 Å². The van der Waals surface area contributed by atoms with Crippen molar-refractivity contribution < 1.29 is 13.2 Å². The second-order valence-electron chi connectivity index (χ2n) is 4.45. The lowest BCUT2D eigenvalue weighted by Crippen LogP contribution is -2.17. The number of halogens is 3. The van der Waals surface area contributed by atoms with Crippen LogP contribution in [0.1, 0.15) is 16.8 Å². The van der Waals surface area contributed by atoms with Gasteiger partial charge < -0.3 is 5.32 Å². The predicted octanol–water partition coefficient (Wildman–Crippen LogP) is 3.43. The van der Waals surface area contributed by atoms with Crippen molar-refractivity contribution in [2.75, 3.05) is 6.54 Å². The maximum Gasteiger partial charge on any atom is 0.416 e. The lowest BCUT2D eigenvalue weighted by Gasteiger charge is -2.09. The van der Waals surface area contributed by atoms with Crippen molar-refractivity contribution in [2.45, 2.75) is 19.1 Å². The maximum atomic E-state index is 12.5. The fourth-order valence-electron chi connectivity index (χ4n) is 1.85. The van der Waals surface area contributed by atoms with Crippen LogP contribution in [0.4, 0.5) is 13.2 Å². The molecule has 0 saturated heterocycles. The molecule has 1 heterocycles. The number of aromatic nitrogens is 1. The zero-order chi connectivity index (χ0) is 14.4. The van der Waals surface area contributed by atoms with Crippen molar-refractivity contribution in [3.63, 3.8) is 0 Å². The Morgan fingerprint density at radius 1 is 1.05 bits per heavy atom. The number of nitrogens with zero attached hydrogens (tertiary/aromatic N) is 1. The molecule has 1 aromatic heterocycles. The fourth-order valence-corrected chi connectivity index (χ4v) is 1.85. The van der Waals surface area contributed by atoms with E-state index in [1.165, 1.54) is 12.1 Å². The van der Waals surface area contributed by atoms with Crippen LogP contribution in [0.5, 0.6) is 0 Å². The van der Waals surface area contributed by atoms with Gasteiger partial charge in [0.1, 0.15) is 0 Å². The van der Waals surface area contributed by atoms with E-state index in [1.807, 2.05) is 18.2 Å². The first-order chi connectivity index (χ1) is 9.55. The van der Waals surface area contributed by atoms with Gasteiger partial charge in [-0.3, -0.25) is 4.98 Å². The van der Waals surface area contributed by atoms with E-state index in [9.17, 15) is 13.2 Å². The molecule has 0 aliphatic carbocycles. The largest absolute Gasteiger partial charge is 0.416 e. The Bertz CT molecular complexity index is 538. The van der Waals surface area contributed by atoms with Crippen LogP contribution in [0.2, 0.25) is 0 Å².